The maximum absolute atomic E-state index is 13.9. The van der Waals surface area contributed by atoms with Crippen LogP contribution in [0.4, 0.5) is 14.5 Å². The number of anilines is 1. The summed E-state index contributed by atoms with van der Waals surface area (Å²) in [6.45, 7) is 1.16. The van der Waals surface area contributed by atoms with Gasteiger partial charge in [0.2, 0.25) is 0 Å². The molecule has 0 spiro atoms. The molecule has 8 heteroatoms. The fourth-order valence-electron chi connectivity index (χ4n) is 2.45. The SMILES string of the molecule is CSc1nn(CN2CCCc3c(F)cc(F)cc32)c(=S)s1. The van der Waals surface area contributed by atoms with Crippen LogP contribution >= 0.6 is 35.3 Å². The van der Waals surface area contributed by atoms with Crippen LogP contribution in [0.5, 0.6) is 0 Å². The third-order valence-corrected chi connectivity index (χ3v) is 5.68. The summed E-state index contributed by atoms with van der Waals surface area (Å²) in [6.07, 6.45) is 3.41. The van der Waals surface area contributed by atoms with Crippen LogP contribution in [0.1, 0.15) is 12.0 Å². The number of aromatic nitrogens is 2. The summed E-state index contributed by atoms with van der Waals surface area (Å²) in [5, 5.41) is 4.40. The van der Waals surface area contributed by atoms with E-state index in [0.29, 0.717) is 28.3 Å². The van der Waals surface area contributed by atoms with Crippen molar-refractivity contribution in [2.45, 2.75) is 23.8 Å². The molecular formula is C13H13F2N3S3. The summed E-state index contributed by atoms with van der Waals surface area (Å²) >= 11 is 8.27. The maximum Gasteiger partial charge on any atom is 0.181 e. The molecule has 0 amide bonds. The number of halogens is 2. The van der Waals surface area contributed by atoms with Crippen LogP contribution in [0.25, 0.3) is 0 Å². The van der Waals surface area contributed by atoms with Crippen LogP contribution in [-0.2, 0) is 13.1 Å². The van der Waals surface area contributed by atoms with Gasteiger partial charge in [0, 0.05) is 23.9 Å². The van der Waals surface area contributed by atoms with Gasteiger partial charge in [0.05, 0.1) is 0 Å². The van der Waals surface area contributed by atoms with Gasteiger partial charge in [0.15, 0.2) is 8.29 Å². The number of thioether (sulfide) groups is 1. The molecule has 1 aromatic carbocycles. The van der Waals surface area contributed by atoms with Crippen LogP contribution < -0.4 is 4.90 Å². The molecule has 1 aromatic heterocycles. The van der Waals surface area contributed by atoms with Gasteiger partial charge in [-0.2, -0.15) is 5.10 Å². The lowest BCUT2D eigenvalue weighted by Crippen LogP contribution is -2.32. The Morgan fingerprint density at radius 3 is 2.95 bits per heavy atom. The second-order valence-electron chi connectivity index (χ2n) is 4.73. The fourth-order valence-corrected chi connectivity index (χ4v) is 4.19. The Bertz CT molecular complexity index is 726. The lowest BCUT2D eigenvalue weighted by Gasteiger charge is -2.31. The molecule has 0 saturated heterocycles. The monoisotopic (exact) mass is 345 g/mol. The fraction of sp³-hybridized carbons (Fsp3) is 0.385. The van der Waals surface area contributed by atoms with Crippen molar-refractivity contribution in [3.63, 3.8) is 0 Å². The van der Waals surface area contributed by atoms with Crippen molar-refractivity contribution < 1.29 is 8.78 Å². The van der Waals surface area contributed by atoms with Crippen molar-refractivity contribution >= 4 is 41.0 Å². The van der Waals surface area contributed by atoms with Gasteiger partial charge in [-0.15, -0.1) is 0 Å². The Labute approximate surface area is 134 Å². The van der Waals surface area contributed by atoms with Crippen molar-refractivity contribution in [1.29, 1.82) is 0 Å². The Kier molecular flexibility index (Phi) is 4.28. The Morgan fingerprint density at radius 1 is 1.43 bits per heavy atom. The zero-order valence-electron chi connectivity index (χ0n) is 11.3. The van der Waals surface area contributed by atoms with E-state index in [4.69, 9.17) is 12.2 Å². The van der Waals surface area contributed by atoms with E-state index in [-0.39, 0.29) is 0 Å². The van der Waals surface area contributed by atoms with Crippen molar-refractivity contribution in [3.8, 4) is 0 Å². The zero-order valence-corrected chi connectivity index (χ0v) is 13.8. The van der Waals surface area contributed by atoms with E-state index in [1.807, 2.05) is 11.2 Å². The van der Waals surface area contributed by atoms with Crippen molar-refractivity contribution in [3.05, 3.63) is 33.3 Å². The zero-order chi connectivity index (χ0) is 15.0. The van der Waals surface area contributed by atoms with Crippen LogP contribution in [0.3, 0.4) is 0 Å². The van der Waals surface area contributed by atoms with E-state index in [1.165, 1.54) is 29.2 Å². The molecule has 3 rings (SSSR count). The molecule has 0 radical (unpaired) electrons. The molecule has 0 unspecified atom stereocenters. The molecule has 0 saturated carbocycles. The first-order chi connectivity index (χ1) is 10.1. The second-order valence-corrected chi connectivity index (χ2v) is 7.41. The van der Waals surface area contributed by atoms with Crippen molar-refractivity contribution in [1.82, 2.24) is 9.78 Å². The van der Waals surface area contributed by atoms with Crippen LogP contribution in [0.15, 0.2) is 16.5 Å². The number of rotatable bonds is 3. The number of hydrogen-bond acceptors (Lipinski definition) is 5. The number of hydrogen-bond donors (Lipinski definition) is 0. The molecule has 1 aliphatic heterocycles. The van der Waals surface area contributed by atoms with Crippen molar-refractivity contribution in [2.75, 3.05) is 17.7 Å². The molecule has 21 heavy (non-hydrogen) atoms. The van der Waals surface area contributed by atoms with E-state index in [1.54, 1.807) is 4.68 Å². The molecule has 0 aliphatic carbocycles. The summed E-state index contributed by atoms with van der Waals surface area (Å²) < 4.78 is 30.6. The summed E-state index contributed by atoms with van der Waals surface area (Å²) in [4.78, 5) is 1.94. The van der Waals surface area contributed by atoms with E-state index in [0.717, 1.165) is 23.4 Å². The minimum atomic E-state index is -0.551. The van der Waals surface area contributed by atoms with Gasteiger partial charge in [-0.05, 0) is 37.4 Å². The van der Waals surface area contributed by atoms with Gasteiger partial charge in [-0.25, -0.2) is 13.5 Å². The van der Waals surface area contributed by atoms with E-state index < -0.39 is 11.6 Å². The summed E-state index contributed by atoms with van der Waals surface area (Å²) in [7, 11) is 0. The number of nitrogens with zero attached hydrogens (tertiary/aromatic N) is 3. The Morgan fingerprint density at radius 2 is 2.24 bits per heavy atom. The minimum absolute atomic E-state index is 0.422. The second kappa shape index (κ2) is 6.02. The normalized spacial score (nSPS) is 14.3. The molecule has 0 bridgehead atoms. The van der Waals surface area contributed by atoms with E-state index >= 15 is 0 Å². The highest BCUT2D eigenvalue weighted by atomic mass is 32.2. The molecule has 0 atom stereocenters. The first kappa shape index (κ1) is 14.9. The van der Waals surface area contributed by atoms with Gasteiger partial charge in [0.25, 0.3) is 0 Å². The van der Waals surface area contributed by atoms with Crippen LogP contribution in [0, 0.1) is 15.6 Å². The molecular weight excluding hydrogens is 332 g/mol. The van der Waals surface area contributed by atoms with Crippen LogP contribution in [0.2, 0.25) is 0 Å². The predicted octanol–water partition coefficient (Wildman–Crippen LogP) is 4.08. The van der Waals surface area contributed by atoms with Gasteiger partial charge in [-0.3, -0.25) is 0 Å². The third-order valence-electron chi connectivity index (χ3n) is 3.40. The van der Waals surface area contributed by atoms with Gasteiger partial charge in [-0.1, -0.05) is 23.1 Å². The number of fused-ring (bicyclic) bond motifs is 1. The molecule has 3 nitrogen and oxygen atoms in total. The summed E-state index contributed by atoms with van der Waals surface area (Å²) in [6, 6.07) is 2.34. The highest BCUT2D eigenvalue weighted by Gasteiger charge is 2.22. The van der Waals surface area contributed by atoms with Crippen LogP contribution in [-0.4, -0.2) is 22.6 Å². The quantitative estimate of drug-likeness (QED) is 0.617. The molecule has 0 N–H and O–H groups in total. The maximum atomic E-state index is 13.9. The topological polar surface area (TPSA) is 21.1 Å². The molecule has 112 valence electrons. The van der Waals surface area contributed by atoms with Crippen molar-refractivity contribution in [2.24, 2.45) is 0 Å². The Balaban J connectivity index is 1.95. The van der Waals surface area contributed by atoms with E-state index in [2.05, 4.69) is 5.10 Å². The highest BCUT2D eigenvalue weighted by molar-refractivity contribution is 8.00. The molecule has 2 heterocycles. The average Bonchev–Trinajstić information content (AvgIpc) is 2.80. The first-order valence-electron chi connectivity index (χ1n) is 6.43. The van der Waals surface area contributed by atoms with Gasteiger partial charge >= 0.3 is 0 Å². The van der Waals surface area contributed by atoms with E-state index in [9.17, 15) is 8.78 Å². The average molecular weight is 345 g/mol. The lowest BCUT2D eigenvalue weighted by atomic mass is 10.0. The predicted molar refractivity (Wildman–Crippen MR) is 84.7 cm³/mol. The van der Waals surface area contributed by atoms with Gasteiger partial charge < -0.3 is 4.90 Å². The number of benzene rings is 1. The third kappa shape index (κ3) is 2.97. The van der Waals surface area contributed by atoms with Gasteiger partial charge in [0.1, 0.15) is 18.3 Å². The molecule has 2 aromatic rings. The standard InChI is InChI=1S/C13H13F2N3S3/c1-20-12-16-18(13(19)21-12)7-17-4-2-3-9-10(15)5-8(14)6-11(9)17/h5-6H,2-4,7H2,1H3. The molecule has 0 fully saturated rings. The lowest BCUT2D eigenvalue weighted by molar-refractivity contribution is 0.518. The summed E-state index contributed by atoms with van der Waals surface area (Å²) in [5.41, 5.74) is 1.19. The minimum Gasteiger partial charge on any atom is -0.352 e. The smallest absolute Gasteiger partial charge is 0.181 e. The molecule has 1 aliphatic rings. The largest absolute Gasteiger partial charge is 0.352 e. The highest BCUT2D eigenvalue weighted by Crippen LogP contribution is 2.31. The summed E-state index contributed by atoms with van der Waals surface area (Å²) in [5.74, 6) is -1.02. The Hall–Kier alpha value is -0.990. The first-order valence-corrected chi connectivity index (χ1v) is 8.88.